The summed E-state index contributed by atoms with van der Waals surface area (Å²) < 4.78 is 52.8. The Morgan fingerprint density at radius 2 is 1.56 bits per heavy atom. The monoisotopic (exact) mass is 381 g/mol. The highest BCUT2D eigenvalue weighted by Gasteiger charge is 2.31. The maximum atomic E-state index is 14.5. The minimum Gasteiger partial charge on any atom is -0.497 e. The third-order valence-corrected chi connectivity index (χ3v) is 4.21. The summed E-state index contributed by atoms with van der Waals surface area (Å²) in [7, 11) is 2.99. The first kappa shape index (κ1) is 19.0. The Hall–Kier alpha value is -2.75. The number of methoxy groups -OCH3 is 2. The number of rotatable bonds is 6. The van der Waals surface area contributed by atoms with Gasteiger partial charge in [-0.15, -0.1) is 5.59 Å². The van der Waals surface area contributed by atoms with E-state index in [9.17, 15) is 13.2 Å². The highest BCUT2D eigenvalue weighted by Crippen LogP contribution is 2.41. The molecular formula is C18H18F3N3O3. The standard InChI is InChI=1S/C18H18F3N3O3/c1-25-12-5-10(6-13(9-12)26-2)14-3-4-24(27-23-22)18(14)17-15(20)7-11(19)8-16(17)21/h5-9,23H,3-4,22H2,1-2H3. The van der Waals surface area contributed by atoms with Crippen molar-refractivity contribution in [1.82, 2.24) is 10.7 Å². The third-order valence-electron chi connectivity index (χ3n) is 4.21. The Morgan fingerprint density at radius 1 is 0.963 bits per heavy atom. The average Bonchev–Trinajstić information content (AvgIpc) is 3.04. The molecule has 27 heavy (non-hydrogen) atoms. The zero-order chi connectivity index (χ0) is 19.6. The molecule has 9 heteroatoms. The van der Waals surface area contributed by atoms with Crippen LogP contribution < -0.4 is 20.9 Å². The molecule has 2 aromatic carbocycles. The van der Waals surface area contributed by atoms with Crippen LogP contribution in [-0.2, 0) is 4.94 Å². The molecule has 3 N–H and O–H groups in total. The van der Waals surface area contributed by atoms with E-state index in [0.717, 1.165) is 0 Å². The third kappa shape index (κ3) is 3.70. The van der Waals surface area contributed by atoms with Gasteiger partial charge in [0.05, 0.1) is 32.0 Å². The first-order chi connectivity index (χ1) is 13.0. The molecule has 0 aliphatic carbocycles. The summed E-state index contributed by atoms with van der Waals surface area (Å²) in [4.78, 5) is 5.09. The van der Waals surface area contributed by atoms with E-state index in [1.54, 1.807) is 18.2 Å². The quantitative estimate of drug-likeness (QED) is 0.592. The van der Waals surface area contributed by atoms with E-state index in [2.05, 4.69) is 0 Å². The van der Waals surface area contributed by atoms with E-state index in [4.69, 9.17) is 20.3 Å². The molecule has 0 spiro atoms. The molecule has 0 aromatic heterocycles. The Balaban J connectivity index is 2.24. The Bertz CT molecular complexity index is 844. The fourth-order valence-electron chi connectivity index (χ4n) is 3.06. The van der Waals surface area contributed by atoms with Crippen molar-refractivity contribution in [2.24, 2.45) is 5.84 Å². The first-order valence-corrected chi connectivity index (χ1v) is 8.00. The summed E-state index contributed by atoms with van der Waals surface area (Å²) in [6.07, 6.45) is 0.392. The molecule has 0 bridgehead atoms. The maximum absolute atomic E-state index is 14.5. The second-order valence-electron chi connectivity index (χ2n) is 5.73. The summed E-state index contributed by atoms with van der Waals surface area (Å²) in [6.45, 7) is 0.269. The van der Waals surface area contributed by atoms with Gasteiger partial charge in [0.25, 0.3) is 0 Å². The number of nitrogens with one attached hydrogen (secondary N) is 1. The highest BCUT2D eigenvalue weighted by atomic mass is 19.1. The molecule has 0 saturated carbocycles. The molecule has 0 saturated heterocycles. The molecule has 0 atom stereocenters. The molecule has 144 valence electrons. The van der Waals surface area contributed by atoms with Gasteiger partial charge in [-0.25, -0.2) is 24.1 Å². The molecular weight excluding hydrogens is 363 g/mol. The van der Waals surface area contributed by atoms with Crippen LogP contribution in [0.2, 0.25) is 0 Å². The zero-order valence-electron chi connectivity index (χ0n) is 14.7. The summed E-state index contributed by atoms with van der Waals surface area (Å²) in [6, 6.07) is 6.31. The van der Waals surface area contributed by atoms with Gasteiger partial charge in [0, 0.05) is 18.2 Å². The van der Waals surface area contributed by atoms with Crippen molar-refractivity contribution in [1.29, 1.82) is 0 Å². The molecule has 3 rings (SSSR count). The van der Waals surface area contributed by atoms with Crippen LogP contribution >= 0.6 is 0 Å². The number of benzene rings is 2. The van der Waals surface area contributed by atoms with Crippen LogP contribution in [0, 0.1) is 17.5 Å². The van der Waals surface area contributed by atoms with Gasteiger partial charge in [-0.1, -0.05) is 0 Å². The van der Waals surface area contributed by atoms with E-state index in [-0.39, 0.29) is 12.2 Å². The summed E-state index contributed by atoms with van der Waals surface area (Å²) in [5.74, 6) is 3.09. The van der Waals surface area contributed by atoms with Gasteiger partial charge in [-0.3, -0.25) is 0 Å². The Labute approximate surface area is 153 Å². The first-order valence-electron chi connectivity index (χ1n) is 8.00. The topological polar surface area (TPSA) is 69.0 Å². The van der Waals surface area contributed by atoms with E-state index in [1.165, 1.54) is 19.3 Å². The molecule has 6 nitrogen and oxygen atoms in total. The van der Waals surface area contributed by atoms with E-state index in [0.29, 0.717) is 41.2 Å². The molecule has 0 fully saturated rings. The van der Waals surface area contributed by atoms with E-state index >= 15 is 0 Å². The number of hydrogen-bond acceptors (Lipinski definition) is 6. The minimum atomic E-state index is -1.05. The predicted octanol–water partition coefficient (Wildman–Crippen LogP) is 3.01. The van der Waals surface area contributed by atoms with Crippen LogP contribution in [0.4, 0.5) is 13.2 Å². The largest absolute Gasteiger partial charge is 0.497 e. The van der Waals surface area contributed by atoms with Crippen molar-refractivity contribution in [2.45, 2.75) is 6.42 Å². The lowest BCUT2D eigenvalue weighted by atomic mass is 9.98. The number of halogens is 3. The number of hydrogen-bond donors (Lipinski definition) is 2. The Morgan fingerprint density at radius 3 is 2.07 bits per heavy atom. The molecule has 0 amide bonds. The number of nitrogens with two attached hydrogens (primary N) is 1. The van der Waals surface area contributed by atoms with Crippen molar-refractivity contribution in [3.05, 3.63) is 58.9 Å². The van der Waals surface area contributed by atoms with Crippen molar-refractivity contribution >= 4 is 11.3 Å². The molecule has 0 radical (unpaired) electrons. The average molecular weight is 381 g/mol. The van der Waals surface area contributed by atoms with Crippen LogP contribution in [-0.4, -0.2) is 25.8 Å². The van der Waals surface area contributed by atoms with Crippen LogP contribution in [0.15, 0.2) is 30.3 Å². The summed E-state index contributed by atoms with van der Waals surface area (Å²) in [5.41, 5.74) is 2.86. The second kappa shape index (κ2) is 7.87. The molecule has 1 aliphatic rings. The molecule has 0 unspecified atom stereocenters. The minimum absolute atomic E-state index is 0.0956. The SMILES string of the molecule is COc1cc(OC)cc(C2=C(c3c(F)cc(F)cc3F)N(ONN)CC2)c1. The van der Waals surface area contributed by atoms with Gasteiger partial charge in [0.15, 0.2) is 0 Å². The maximum Gasteiger partial charge on any atom is 0.138 e. The van der Waals surface area contributed by atoms with Crippen LogP contribution in [0.1, 0.15) is 17.5 Å². The zero-order valence-corrected chi connectivity index (χ0v) is 14.7. The van der Waals surface area contributed by atoms with Crippen LogP contribution in [0.25, 0.3) is 11.3 Å². The van der Waals surface area contributed by atoms with Gasteiger partial charge in [-0.2, -0.15) is 4.94 Å². The number of hydroxylamine groups is 2. The lowest BCUT2D eigenvalue weighted by molar-refractivity contribution is -0.164. The fourth-order valence-corrected chi connectivity index (χ4v) is 3.06. The van der Waals surface area contributed by atoms with Crippen molar-refractivity contribution in [3.63, 3.8) is 0 Å². The molecule has 1 aliphatic heterocycles. The number of hydrazine groups is 1. The van der Waals surface area contributed by atoms with Crippen LogP contribution in [0.5, 0.6) is 11.5 Å². The summed E-state index contributed by atoms with van der Waals surface area (Å²) in [5, 5.41) is 1.21. The highest BCUT2D eigenvalue weighted by molar-refractivity contribution is 5.92. The fraction of sp³-hybridized carbons (Fsp3) is 0.222. The van der Waals surface area contributed by atoms with Gasteiger partial charge in [-0.05, 0) is 29.7 Å². The lowest BCUT2D eigenvalue weighted by Crippen LogP contribution is -2.33. The number of ether oxygens (including phenoxy) is 2. The van der Waals surface area contributed by atoms with Crippen molar-refractivity contribution < 1.29 is 27.6 Å². The van der Waals surface area contributed by atoms with Gasteiger partial charge in [0.2, 0.25) is 0 Å². The number of nitrogens with zero attached hydrogens (tertiary/aromatic N) is 1. The Kier molecular flexibility index (Phi) is 5.54. The van der Waals surface area contributed by atoms with Gasteiger partial charge < -0.3 is 9.47 Å². The van der Waals surface area contributed by atoms with Crippen LogP contribution in [0.3, 0.4) is 0 Å². The van der Waals surface area contributed by atoms with E-state index in [1.807, 2.05) is 5.59 Å². The molecule has 1 heterocycles. The van der Waals surface area contributed by atoms with Gasteiger partial charge in [0.1, 0.15) is 29.0 Å². The lowest BCUT2D eigenvalue weighted by Gasteiger charge is -2.21. The van der Waals surface area contributed by atoms with E-state index < -0.39 is 23.0 Å². The predicted molar refractivity (Wildman–Crippen MR) is 92.4 cm³/mol. The normalized spacial score (nSPS) is 14.1. The van der Waals surface area contributed by atoms with Gasteiger partial charge >= 0.3 is 0 Å². The smallest absolute Gasteiger partial charge is 0.138 e. The summed E-state index contributed by atoms with van der Waals surface area (Å²) >= 11 is 0. The molecule has 2 aromatic rings. The van der Waals surface area contributed by atoms with Crippen molar-refractivity contribution in [3.8, 4) is 11.5 Å². The van der Waals surface area contributed by atoms with Crippen molar-refractivity contribution in [2.75, 3.05) is 20.8 Å². The second-order valence-corrected chi connectivity index (χ2v) is 5.73.